The van der Waals surface area contributed by atoms with Gasteiger partial charge in [-0.15, -0.1) is 0 Å². The van der Waals surface area contributed by atoms with Gasteiger partial charge in [-0.25, -0.2) is 4.39 Å². The second-order valence-corrected chi connectivity index (χ2v) is 4.38. The van der Waals surface area contributed by atoms with Gasteiger partial charge in [0.15, 0.2) is 0 Å². The summed E-state index contributed by atoms with van der Waals surface area (Å²) >= 11 is 0. The first-order valence-corrected chi connectivity index (χ1v) is 6.05. The van der Waals surface area contributed by atoms with E-state index in [1.807, 2.05) is 0 Å². The van der Waals surface area contributed by atoms with E-state index in [9.17, 15) is 14.3 Å². The van der Waals surface area contributed by atoms with Crippen LogP contribution in [0.4, 0.5) is 10.1 Å². The molecule has 0 spiro atoms. The molecule has 98 valence electrons. The number of nitrogens with one attached hydrogen (secondary N) is 1. The molecule has 0 aliphatic carbocycles. The molecule has 2 rings (SSSR count). The van der Waals surface area contributed by atoms with Crippen LogP contribution in [0.15, 0.2) is 18.2 Å². The zero-order chi connectivity index (χ0) is 13.0. The van der Waals surface area contributed by atoms with Gasteiger partial charge in [-0.3, -0.25) is 4.79 Å². The normalized spacial score (nSPS) is 18.8. The Bertz CT molecular complexity index is 430. The predicted octanol–water partition coefficient (Wildman–Crippen LogP) is 2.43. The van der Waals surface area contributed by atoms with E-state index >= 15 is 0 Å². The molecule has 18 heavy (non-hydrogen) atoms. The first-order valence-electron chi connectivity index (χ1n) is 6.05. The number of phenolic OH excluding ortho intramolecular Hbond substituents is 1. The molecule has 1 aliphatic rings. The van der Waals surface area contributed by atoms with Crippen molar-refractivity contribution in [2.24, 2.45) is 0 Å². The van der Waals surface area contributed by atoms with Crippen LogP contribution >= 0.6 is 0 Å². The van der Waals surface area contributed by atoms with E-state index < -0.39 is 5.82 Å². The first kappa shape index (κ1) is 12.8. The number of ether oxygens (including phenoxy) is 1. The zero-order valence-electron chi connectivity index (χ0n) is 9.99. The molecule has 0 aromatic heterocycles. The van der Waals surface area contributed by atoms with Gasteiger partial charge in [-0.2, -0.15) is 0 Å². The van der Waals surface area contributed by atoms with Crippen molar-refractivity contribution in [1.29, 1.82) is 0 Å². The number of hydrogen-bond acceptors (Lipinski definition) is 3. The molecule has 0 radical (unpaired) electrons. The average molecular weight is 253 g/mol. The molecule has 2 N–H and O–H groups in total. The topological polar surface area (TPSA) is 58.6 Å². The van der Waals surface area contributed by atoms with Gasteiger partial charge >= 0.3 is 0 Å². The number of carbonyl (C=O) groups excluding carboxylic acids is 1. The van der Waals surface area contributed by atoms with Gasteiger partial charge < -0.3 is 15.2 Å². The maximum atomic E-state index is 12.9. The number of carbonyl (C=O) groups is 1. The van der Waals surface area contributed by atoms with Gasteiger partial charge in [0.25, 0.3) is 0 Å². The fourth-order valence-corrected chi connectivity index (χ4v) is 1.99. The van der Waals surface area contributed by atoms with E-state index in [0.29, 0.717) is 12.8 Å². The maximum Gasteiger partial charge on any atom is 0.224 e. The van der Waals surface area contributed by atoms with E-state index in [2.05, 4.69) is 5.32 Å². The molecular formula is C13H16FNO3. The van der Waals surface area contributed by atoms with Crippen LogP contribution in [0.2, 0.25) is 0 Å². The second-order valence-electron chi connectivity index (χ2n) is 4.38. The Balaban J connectivity index is 1.84. The Hall–Kier alpha value is -1.62. The van der Waals surface area contributed by atoms with E-state index in [4.69, 9.17) is 4.74 Å². The predicted molar refractivity (Wildman–Crippen MR) is 64.9 cm³/mol. The summed E-state index contributed by atoms with van der Waals surface area (Å²) < 4.78 is 18.4. The van der Waals surface area contributed by atoms with Gasteiger partial charge in [0.2, 0.25) is 5.91 Å². The number of benzene rings is 1. The van der Waals surface area contributed by atoms with E-state index in [1.165, 1.54) is 6.07 Å². The molecule has 1 amide bonds. The Morgan fingerprint density at radius 1 is 1.56 bits per heavy atom. The Morgan fingerprint density at radius 2 is 2.39 bits per heavy atom. The third kappa shape index (κ3) is 3.43. The fourth-order valence-electron chi connectivity index (χ4n) is 1.99. The van der Waals surface area contributed by atoms with Gasteiger partial charge in [0.1, 0.15) is 11.6 Å². The molecule has 1 saturated heterocycles. The molecule has 0 unspecified atom stereocenters. The molecule has 1 aromatic carbocycles. The lowest BCUT2D eigenvalue weighted by Gasteiger charge is -2.10. The molecule has 1 heterocycles. The summed E-state index contributed by atoms with van der Waals surface area (Å²) in [5, 5.41) is 11.9. The van der Waals surface area contributed by atoms with Crippen LogP contribution in [-0.2, 0) is 9.53 Å². The molecule has 1 aromatic rings. The molecule has 5 heteroatoms. The lowest BCUT2D eigenvalue weighted by molar-refractivity contribution is -0.116. The molecular weight excluding hydrogens is 237 g/mol. The van der Waals surface area contributed by atoms with Crippen molar-refractivity contribution in [2.75, 3.05) is 11.9 Å². The van der Waals surface area contributed by atoms with E-state index in [1.54, 1.807) is 0 Å². The monoisotopic (exact) mass is 253 g/mol. The highest BCUT2D eigenvalue weighted by Crippen LogP contribution is 2.24. The van der Waals surface area contributed by atoms with Crippen molar-refractivity contribution in [2.45, 2.75) is 31.8 Å². The van der Waals surface area contributed by atoms with Crippen molar-refractivity contribution in [3.05, 3.63) is 24.0 Å². The van der Waals surface area contributed by atoms with Crippen molar-refractivity contribution in [3.63, 3.8) is 0 Å². The second kappa shape index (κ2) is 5.82. The van der Waals surface area contributed by atoms with Crippen molar-refractivity contribution in [3.8, 4) is 5.75 Å². The van der Waals surface area contributed by atoms with Crippen LogP contribution in [-0.4, -0.2) is 23.7 Å². The van der Waals surface area contributed by atoms with Crippen LogP contribution in [0.3, 0.4) is 0 Å². The number of hydrogen-bond donors (Lipinski definition) is 2. The maximum absolute atomic E-state index is 12.9. The number of rotatable bonds is 4. The average Bonchev–Trinajstić information content (AvgIpc) is 2.84. The highest BCUT2D eigenvalue weighted by Gasteiger charge is 2.17. The number of halogens is 1. The van der Waals surface area contributed by atoms with Crippen molar-refractivity contribution >= 4 is 11.6 Å². The summed E-state index contributed by atoms with van der Waals surface area (Å²) in [6.45, 7) is 0.761. The lowest BCUT2D eigenvalue weighted by atomic mass is 10.1. The van der Waals surface area contributed by atoms with Crippen LogP contribution < -0.4 is 5.32 Å². The minimum absolute atomic E-state index is 0.104. The largest absolute Gasteiger partial charge is 0.506 e. The van der Waals surface area contributed by atoms with E-state index in [-0.39, 0.29) is 23.4 Å². The van der Waals surface area contributed by atoms with Gasteiger partial charge in [-0.05, 0) is 31.4 Å². The van der Waals surface area contributed by atoms with Crippen LogP contribution in [0, 0.1) is 5.82 Å². The quantitative estimate of drug-likeness (QED) is 0.810. The third-order valence-corrected chi connectivity index (χ3v) is 2.95. The number of anilines is 1. The minimum Gasteiger partial charge on any atom is -0.506 e. The molecule has 4 nitrogen and oxygen atoms in total. The highest BCUT2D eigenvalue weighted by atomic mass is 19.1. The Labute approximate surface area is 105 Å². The van der Waals surface area contributed by atoms with E-state index in [0.717, 1.165) is 31.6 Å². The summed E-state index contributed by atoms with van der Waals surface area (Å²) in [5.41, 5.74) is 0.104. The molecule has 1 aliphatic heterocycles. The summed E-state index contributed by atoms with van der Waals surface area (Å²) in [4.78, 5) is 11.6. The van der Waals surface area contributed by atoms with Crippen LogP contribution in [0.25, 0.3) is 0 Å². The van der Waals surface area contributed by atoms with Gasteiger partial charge in [0, 0.05) is 19.1 Å². The highest BCUT2D eigenvalue weighted by molar-refractivity contribution is 5.92. The minimum atomic E-state index is -0.498. The third-order valence-electron chi connectivity index (χ3n) is 2.95. The summed E-state index contributed by atoms with van der Waals surface area (Å²) in [5.74, 6) is -0.879. The lowest BCUT2D eigenvalue weighted by Crippen LogP contribution is -2.15. The van der Waals surface area contributed by atoms with Crippen LogP contribution in [0.5, 0.6) is 5.75 Å². The number of aromatic hydroxyl groups is 1. The smallest absolute Gasteiger partial charge is 0.224 e. The zero-order valence-corrected chi connectivity index (χ0v) is 9.99. The Kier molecular flexibility index (Phi) is 4.15. The summed E-state index contributed by atoms with van der Waals surface area (Å²) in [6, 6.07) is 3.45. The summed E-state index contributed by atoms with van der Waals surface area (Å²) in [7, 11) is 0. The SMILES string of the molecule is O=C(CC[C@H]1CCCO1)Nc1cc(F)ccc1O. The Morgan fingerprint density at radius 3 is 3.11 bits per heavy atom. The van der Waals surface area contributed by atoms with Gasteiger partial charge in [0.05, 0.1) is 11.8 Å². The van der Waals surface area contributed by atoms with Crippen LogP contribution in [0.1, 0.15) is 25.7 Å². The summed E-state index contributed by atoms with van der Waals surface area (Å²) in [6.07, 6.45) is 3.13. The number of phenols is 1. The number of amides is 1. The first-order chi connectivity index (χ1) is 8.65. The van der Waals surface area contributed by atoms with Gasteiger partial charge in [-0.1, -0.05) is 0 Å². The molecule has 1 fully saturated rings. The fraction of sp³-hybridized carbons (Fsp3) is 0.462. The molecule has 0 saturated carbocycles. The molecule has 1 atom stereocenters. The standard InChI is InChI=1S/C13H16FNO3/c14-9-3-5-12(16)11(8-9)15-13(17)6-4-10-2-1-7-18-10/h3,5,8,10,16H,1-2,4,6-7H2,(H,15,17)/t10-/m1/s1. The van der Waals surface area contributed by atoms with Crippen molar-refractivity contribution < 1.29 is 19.0 Å². The molecule has 0 bridgehead atoms. The van der Waals surface area contributed by atoms with Crippen molar-refractivity contribution in [1.82, 2.24) is 0 Å².